The summed E-state index contributed by atoms with van der Waals surface area (Å²) in [5, 5.41) is 16.1. The van der Waals surface area contributed by atoms with Gasteiger partial charge in [-0.05, 0) is 41.4 Å². The lowest BCUT2D eigenvalue weighted by Crippen LogP contribution is -2.07. The Labute approximate surface area is 103 Å². The molecular weight excluding hydrogens is 235 g/mol. The summed E-state index contributed by atoms with van der Waals surface area (Å²) in [7, 11) is 0. The molecule has 1 N–H and O–H groups in total. The van der Waals surface area contributed by atoms with E-state index in [0.717, 1.165) is 5.56 Å². The Hall–Kier alpha value is -1.86. The minimum absolute atomic E-state index is 0.0511. The summed E-state index contributed by atoms with van der Waals surface area (Å²) < 4.78 is 13.4. The Balaban J connectivity index is 2.25. The molecule has 0 saturated heterocycles. The van der Waals surface area contributed by atoms with Crippen LogP contribution in [0.15, 0.2) is 35.0 Å². The molecule has 2 rings (SSSR count). The van der Waals surface area contributed by atoms with Crippen molar-refractivity contribution in [2.75, 3.05) is 5.32 Å². The minimum Gasteiger partial charge on any atom is -0.377 e. The van der Waals surface area contributed by atoms with Crippen LogP contribution in [0.1, 0.15) is 24.1 Å². The van der Waals surface area contributed by atoms with Gasteiger partial charge in [-0.2, -0.15) is 16.6 Å². The second-order valence-corrected chi connectivity index (χ2v) is 4.48. The molecule has 0 aliphatic rings. The van der Waals surface area contributed by atoms with E-state index in [2.05, 4.69) is 5.32 Å². The molecule has 2 aromatic rings. The summed E-state index contributed by atoms with van der Waals surface area (Å²) in [4.78, 5) is 0. The molecule has 1 aromatic heterocycles. The standard InChI is InChI=1S/C13H11FN2S/c1-9(10-5-6-17-8-10)16-13-4-2-3-12(14)11(13)7-15/h2-6,8-9,16H,1H3. The molecule has 0 aliphatic heterocycles. The van der Waals surface area contributed by atoms with Gasteiger partial charge in [0.1, 0.15) is 17.4 Å². The monoisotopic (exact) mass is 246 g/mol. The van der Waals surface area contributed by atoms with Gasteiger partial charge in [0.05, 0.1) is 5.69 Å². The van der Waals surface area contributed by atoms with E-state index in [1.54, 1.807) is 23.5 Å². The Morgan fingerprint density at radius 2 is 2.24 bits per heavy atom. The van der Waals surface area contributed by atoms with Gasteiger partial charge in [-0.1, -0.05) is 6.07 Å². The topological polar surface area (TPSA) is 35.8 Å². The molecule has 0 radical (unpaired) electrons. The molecule has 0 aliphatic carbocycles. The molecule has 1 heterocycles. The van der Waals surface area contributed by atoms with Gasteiger partial charge in [-0.3, -0.25) is 0 Å². The van der Waals surface area contributed by atoms with E-state index in [1.807, 2.05) is 29.8 Å². The van der Waals surface area contributed by atoms with Crippen molar-refractivity contribution in [1.82, 2.24) is 0 Å². The maximum Gasteiger partial charge on any atom is 0.143 e. The summed E-state index contributed by atoms with van der Waals surface area (Å²) >= 11 is 1.61. The fraction of sp³-hybridized carbons (Fsp3) is 0.154. The molecule has 1 aromatic carbocycles. The average Bonchev–Trinajstić information content (AvgIpc) is 2.82. The van der Waals surface area contributed by atoms with E-state index in [0.29, 0.717) is 5.69 Å². The summed E-state index contributed by atoms with van der Waals surface area (Å²) in [6, 6.07) is 8.54. The van der Waals surface area contributed by atoms with Crippen LogP contribution in [0.25, 0.3) is 0 Å². The lowest BCUT2D eigenvalue weighted by Gasteiger charge is -2.15. The van der Waals surface area contributed by atoms with Crippen LogP contribution in [0, 0.1) is 17.1 Å². The van der Waals surface area contributed by atoms with Crippen LogP contribution in [-0.4, -0.2) is 0 Å². The number of nitrogens with one attached hydrogen (secondary N) is 1. The second-order valence-electron chi connectivity index (χ2n) is 3.70. The van der Waals surface area contributed by atoms with E-state index in [-0.39, 0.29) is 11.6 Å². The number of hydrogen-bond donors (Lipinski definition) is 1. The molecule has 4 heteroatoms. The number of hydrogen-bond acceptors (Lipinski definition) is 3. The molecule has 86 valence electrons. The molecular formula is C13H11FN2S. The summed E-state index contributed by atoms with van der Waals surface area (Å²) in [6.07, 6.45) is 0. The predicted octanol–water partition coefficient (Wildman–Crippen LogP) is 3.93. The molecule has 0 fully saturated rings. The highest BCUT2D eigenvalue weighted by atomic mass is 32.1. The highest BCUT2D eigenvalue weighted by Gasteiger charge is 2.11. The van der Waals surface area contributed by atoms with E-state index in [4.69, 9.17) is 5.26 Å². The zero-order valence-corrected chi connectivity index (χ0v) is 10.1. The van der Waals surface area contributed by atoms with Crippen LogP contribution >= 0.6 is 11.3 Å². The van der Waals surface area contributed by atoms with Crippen molar-refractivity contribution in [3.63, 3.8) is 0 Å². The van der Waals surface area contributed by atoms with Crippen molar-refractivity contribution >= 4 is 17.0 Å². The van der Waals surface area contributed by atoms with E-state index in [1.165, 1.54) is 6.07 Å². The first-order chi connectivity index (χ1) is 8.22. The van der Waals surface area contributed by atoms with Crippen LogP contribution in [-0.2, 0) is 0 Å². The van der Waals surface area contributed by atoms with Gasteiger partial charge in [0.25, 0.3) is 0 Å². The molecule has 2 nitrogen and oxygen atoms in total. The van der Waals surface area contributed by atoms with Crippen LogP contribution in [0.3, 0.4) is 0 Å². The van der Waals surface area contributed by atoms with E-state index < -0.39 is 5.82 Å². The molecule has 17 heavy (non-hydrogen) atoms. The Morgan fingerprint density at radius 1 is 1.41 bits per heavy atom. The first-order valence-corrected chi connectivity index (χ1v) is 6.14. The molecule has 0 amide bonds. The van der Waals surface area contributed by atoms with Crippen molar-refractivity contribution in [1.29, 1.82) is 5.26 Å². The predicted molar refractivity (Wildman–Crippen MR) is 67.5 cm³/mol. The largest absolute Gasteiger partial charge is 0.377 e. The quantitative estimate of drug-likeness (QED) is 0.890. The van der Waals surface area contributed by atoms with Crippen LogP contribution in [0.4, 0.5) is 10.1 Å². The van der Waals surface area contributed by atoms with Gasteiger partial charge >= 0.3 is 0 Å². The molecule has 1 atom stereocenters. The van der Waals surface area contributed by atoms with Crippen molar-refractivity contribution in [3.8, 4) is 6.07 Å². The first-order valence-electron chi connectivity index (χ1n) is 5.19. The fourth-order valence-electron chi connectivity index (χ4n) is 1.60. The summed E-state index contributed by atoms with van der Waals surface area (Å²) in [6.45, 7) is 1.98. The van der Waals surface area contributed by atoms with Crippen LogP contribution in [0.5, 0.6) is 0 Å². The summed E-state index contributed by atoms with van der Waals surface area (Å²) in [5.41, 5.74) is 1.73. The van der Waals surface area contributed by atoms with Gasteiger partial charge in [0, 0.05) is 6.04 Å². The Bertz CT molecular complexity index is 543. The number of halogens is 1. The fourth-order valence-corrected chi connectivity index (χ4v) is 2.35. The van der Waals surface area contributed by atoms with Crippen molar-refractivity contribution < 1.29 is 4.39 Å². The number of nitriles is 1. The molecule has 0 saturated carbocycles. The average molecular weight is 246 g/mol. The third kappa shape index (κ3) is 2.45. The first kappa shape index (κ1) is 11.6. The zero-order chi connectivity index (χ0) is 12.3. The number of anilines is 1. The number of rotatable bonds is 3. The van der Waals surface area contributed by atoms with Gasteiger partial charge in [0.15, 0.2) is 0 Å². The van der Waals surface area contributed by atoms with Crippen LogP contribution < -0.4 is 5.32 Å². The van der Waals surface area contributed by atoms with E-state index >= 15 is 0 Å². The SMILES string of the molecule is CC(Nc1cccc(F)c1C#N)c1ccsc1. The highest BCUT2D eigenvalue weighted by molar-refractivity contribution is 7.07. The molecule has 0 bridgehead atoms. The maximum atomic E-state index is 13.4. The van der Waals surface area contributed by atoms with Crippen molar-refractivity contribution in [3.05, 3.63) is 52.0 Å². The maximum absolute atomic E-state index is 13.4. The number of nitrogens with zero attached hydrogens (tertiary/aromatic N) is 1. The normalized spacial score (nSPS) is 11.8. The van der Waals surface area contributed by atoms with Crippen molar-refractivity contribution in [2.45, 2.75) is 13.0 Å². The van der Waals surface area contributed by atoms with Gasteiger partial charge in [-0.15, -0.1) is 0 Å². The lowest BCUT2D eigenvalue weighted by molar-refractivity contribution is 0.624. The van der Waals surface area contributed by atoms with Gasteiger partial charge < -0.3 is 5.32 Å². The number of thiophene rings is 1. The third-order valence-corrected chi connectivity index (χ3v) is 3.24. The summed E-state index contributed by atoms with van der Waals surface area (Å²) in [5.74, 6) is -0.491. The van der Waals surface area contributed by atoms with Crippen LogP contribution in [0.2, 0.25) is 0 Å². The minimum atomic E-state index is -0.491. The zero-order valence-electron chi connectivity index (χ0n) is 9.27. The molecule has 1 unspecified atom stereocenters. The highest BCUT2D eigenvalue weighted by Crippen LogP contribution is 2.24. The third-order valence-electron chi connectivity index (χ3n) is 2.54. The Morgan fingerprint density at radius 3 is 2.88 bits per heavy atom. The lowest BCUT2D eigenvalue weighted by atomic mass is 10.1. The second kappa shape index (κ2) is 4.98. The van der Waals surface area contributed by atoms with Crippen molar-refractivity contribution in [2.24, 2.45) is 0 Å². The molecule has 0 spiro atoms. The van der Waals surface area contributed by atoms with Gasteiger partial charge in [-0.25, -0.2) is 4.39 Å². The smallest absolute Gasteiger partial charge is 0.143 e. The van der Waals surface area contributed by atoms with Gasteiger partial charge in [0.2, 0.25) is 0 Å². The number of benzene rings is 1. The Kier molecular flexibility index (Phi) is 3.40. The van der Waals surface area contributed by atoms with E-state index in [9.17, 15) is 4.39 Å².